The molecule has 0 saturated carbocycles. The van der Waals surface area contributed by atoms with Crippen LogP contribution in [-0.4, -0.2) is 41.0 Å². The standard InChI is InChI=1S/C24H27ClN6/c1-16(21-12-20(25)3-4-22(21)27)11-17(2)31-14-19(15-31)23-24(29-8-7-28-23)30-9-5-18(13-26)6-10-30/h3-4,7-8,11-12,18-19H,2,5-6,9-10,14-15,27H2,1H3/b16-11-. The first kappa shape index (κ1) is 21.2. The minimum atomic E-state index is 0.155. The Morgan fingerprint density at radius 1 is 1.26 bits per heavy atom. The Balaban J connectivity index is 1.42. The molecule has 2 N–H and O–H groups in total. The molecule has 0 aliphatic carbocycles. The molecule has 0 spiro atoms. The molecular formula is C24H27ClN6. The summed E-state index contributed by atoms with van der Waals surface area (Å²) in [7, 11) is 0. The summed E-state index contributed by atoms with van der Waals surface area (Å²) in [6, 6.07) is 7.89. The highest BCUT2D eigenvalue weighted by Gasteiger charge is 2.33. The minimum Gasteiger partial charge on any atom is -0.398 e. The van der Waals surface area contributed by atoms with Gasteiger partial charge in [-0.15, -0.1) is 0 Å². The van der Waals surface area contributed by atoms with Crippen LogP contribution < -0.4 is 10.6 Å². The zero-order valence-corrected chi connectivity index (χ0v) is 18.5. The quantitative estimate of drug-likeness (QED) is 0.552. The van der Waals surface area contributed by atoms with Crippen molar-refractivity contribution >= 4 is 28.7 Å². The Morgan fingerprint density at radius 2 is 1.97 bits per heavy atom. The molecule has 3 heterocycles. The van der Waals surface area contributed by atoms with Gasteiger partial charge in [0.15, 0.2) is 5.82 Å². The summed E-state index contributed by atoms with van der Waals surface area (Å²) in [6.07, 6.45) is 7.35. The van der Waals surface area contributed by atoms with Crippen LogP contribution in [0.3, 0.4) is 0 Å². The molecule has 0 unspecified atom stereocenters. The first-order valence-corrected chi connectivity index (χ1v) is 11.0. The van der Waals surface area contributed by atoms with Crippen LogP contribution in [0.2, 0.25) is 5.02 Å². The molecule has 1 aromatic carbocycles. The molecule has 0 atom stereocenters. The van der Waals surface area contributed by atoms with Crippen LogP contribution >= 0.6 is 11.6 Å². The molecule has 6 nitrogen and oxygen atoms in total. The first-order valence-electron chi connectivity index (χ1n) is 10.6. The lowest BCUT2D eigenvalue weighted by Crippen LogP contribution is -2.45. The summed E-state index contributed by atoms with van der Waals surface area (Å²) < 4.78 is 0. The molecule has 31 heavy (non-hydrogen) atoms. The molecule has 2 aliphatic heterocycles. The van der Waals surface area contributed by atoms with Crippen LogP contribution in [0.15, 0.2) is 48.9 Å². The maximum atomic E-state index is 9.15. The zero-order chi connectivity index (χ0) is 22.0. The second-order valence-corrected chi connectivity index (χ2v) is 8.74. The second kappa shape index (κ2) is 8.99. The normalized spacial score (nSPS) is 17.9. The summed E-state index contributed by atoms with van der Waals surface area (Å²) in [6.45, 7) is 9.70. The average Bonchev–Trinajstić information content (AvgIpc) is 2.75. The predicted molar refractivity (Wildman–Crippen MR) is 126 cm³/mol. The summed E-state index contributed by atoms with van der Waals surface area (Å²) in [5.41, 5.74) is 10.8. The number of benzene rings is 1. The molecule has 2 saturated heterocycles. The van der Waals surface area contributed by atoms with Crippen LogP contribution in [0.25, 0.3) is 5.57 Å². The molecule has 4 rings (SSSR count). The fourth-order valence-corrected chi connectivity index (χ4v) is 4.44. The van der Waals surface area contributed by atoms with E-state index < -0.39 is 0 Å². The number of halogens is 1. The predicted octanol–water partition coefficient (Wildman–Crippen LogP) is 4.47. The van der Waals surface area contributed by atoms with Gasteiger partial charge in [0.1, 0.15) is 0 Å². The van der Waals surface area contributed by atoms with E-state index in [1.54, 1.807) is 18.5 Å². The van der Waals surface area contributed by atoms with Crippen molar-refractivity contribution < 1.29 is 0 Å². The number of nitriles is 1. The van der Waals surface area contributed by atoms with Gasteiger partial charge in [-0.3, -0.25) is 4.98 Å². The van der Waals surface area contributed by atoms with Crippen molar-refractivity contribution in [1.82, 2.24) is 14.9 Å². The van der Waals surface area contributed by atoms with Crippen molar-refractivity contribution in [1.29, 1.82) is 5.26 Å². The van der Waals surface area contributed by atoms with Gasteiger partial charge < -0.3 is 15.5 Å². The van der Waals surface area contributed by atoms with Crippen LogP contribution in [0, 0.1) is 17.2 Å². The summed E-state index contributed by atoms with van der Waals surface area (Å²) in [5.74, 6) is 1.44. The van der Waals surface area contributed by atoms with Gasteiger partial charge >= 0.3 is 0 Å². The van der Waals surface area contributed by atoms with Crippen LogP contribution in [0.1, 0.15) is 36.9 Å². The molecule has 2 aliphatic rings. The van der Waals surface area contributed by atoms with E-state index in [9.17, 15) is 0 Å². The van der Waals surface area contributed by atoms with Gasteiger partial charge in [-0.1, -0.05) is 18.2 Å². The van der Waals surface area contributed by atoms with Crippen molar-refractivity contribution in [3.8, 4) is 6.07 Å². The van der Waals surface area contributed by atoms with E-state index in [1.807, 2.05) is 19.1 Å². The maximum Gasteiger partial charge on any atom is 0.150 e. The van der Waals surface area contributed by atoms with Crippen molar-refractivity contribution in [2.24, 2.45) is 5.92 Å². The number of allylic oxidation sites excluding steroid dienone is 2. The number of rotatable bonds is 5. The highest BCUT2D eigenvalue weighted by atomic mass is 35.5. The Labute approximate surface area is 188 Å². The Morgan fingerprint density at radius 3 is 2.68 bits per heavy atom. The van der Waals surface area contributed by atoms with Crippen molar-refractivity contribution in [2.75, 3.05) is 36.8 Å². The fraction of sp³-hybridized carbons (Fsp3) is 0.375. The SMILES string of the molecule is C=C(/C=C(/C)c1cc(Cl)ccc1N)N1CC(c2nccnc2N2CCC(C#N)CC2)C1. The maximum absolute atomic E-state index is 9.15. The van der Waals surface area contributed by atoms with Gasteiger partial charge in [0, 0.05) is 72.4 Å². The van der Waals surface area contributed by atoms with Crippen molar-refractivity contribution in [2.45, 2.75) is 25.7 Å². The van der Waals surface area contributed by atoms with Gasteiger partial charge in [0.05, 0.1) is 11.8 Å². The van der Waals surface area contributed by atoms with Gasteiger partial charge in [-0.2, -0.15) is 5.26 Å². The molecule has 160 valence electrons. The monoisotopic (exact) mass is 434 g/mol. The van der Waals surface area contributed by atoms with E-state index in [4.69, 9.17) is 22.6 Å². The third-order valence-corrected chi connectivity index (χ3v) is 6.42. The molecule has 7 heteroatoms. The van der Waals surface area contributed by atoms with Crippen molar-refractivity contribution in [3.63, 3.8) is 0 Å². The molecule has 2 aromatic rings. The largest absolute Gasteiger partial charge is 0.398 e. The summed E-state index contributed by atoms with van der Waals surface area (Å²) in [4.78, 5) is 13.8. The lowest BCUT2D eigenvalue weighted by molar-refractivity contribution is 0.203. The van der Waals surface area contributed by atoms with E-state index >= 15 is 0 Å². The third-order valence-electron chi connectivity index (χ3n) is 6.18. The summed E-state index contributed by atoms with van der Waals surface area (Å²) in [5, 5.41) is 9.82. The highest BCUT2D eigenvalue weighted by molar-refractivity contribution is 6.30. The second-order valence-electron chi connectivity index (χ2n) is 8.31. The number of hydrogen-bond donors (Lipinski definition) is 1. The number of likely N-dealkylation sites (tertiary alicyclic amines) is 1. The molecule has 2 fully saturated rings. The molecule has 0 bridgehead atoms. The topological polar surface area (TPSA) is 82.1 Å². The highest BCUT2D eigenvalue weighted by Crippen LogP contribution is 2.35. The van der Waals surface area contributed by atoms with Crippen LogP contribution in [0.4, 0.5) is 11.5 Å². The summed E-state index contributed by atoms with van der Waals surface area (Å²) >= 11 is 6.13. The van der Waals surface area contributed by atoms with Crippen molar-refractivity contribution in [3.05, 3.63) is 65.2 Å². The van der Waals surface area contributed by atoms with E-state index in [2.05, 4.69) is 38.5 Å². The number of piperidine rings is 1. The van der Waals surface area contributed by atoms with E-state index in [0.29, 0.717) is 16.6 Å². The van der Waals surface area contributed by atoms with Gasteiger partial charge in [0.25, 0.3) is 0 Å². The number of nitrogen functional groups attached to an aromatic ring is 1. The van der Waals surface area contributed by atoms with Gasteiger partial charge in [-0.25, -0.2) is 4.98 Å². The van der Waals surface area contributed by atoms with Crippen LogP contribution in [0.5, 0.6) is 0 Å². The number of nitrogens with two attached hydrogens (primary N) is 1. The fourth-order valence-electron chi connectivity index (χ4n) is 4.27. The number of nitrogens with zero attached hydrogens (tertiary/aromatic N) is 5. The Hall–Kier alpha value is -3.04. The molecule has 0 amide bonds. The number of aromatic nitrogens is 2. The zero-order valence-electron chi connectivity index (χ0n) is 17.8. The molecular weight excluding hydrogens is 408 g/mol. The lowest BCUT2D eigenvalue weighted by Gasteiger charge is -2.42. The first-order chi connectivity index (χ1) is 15.0. The Bertz CT molecular complexity index is 1040. The smallest absolute Gasteiger partial charge is 0.150 e. The van der Waals surface area contributed by atoms with Crippen LogP contribution in [-0.2, 0) is 0 Å². The van der Waals surface area contributed by atoms with Gasteiger partial charge in [-0.05, 0) is 49.6 Å². The average molecular weight is 435 g/mol. The third kappa shape index (κ3) is 4.52. The van der Waals surface area contributed by atoms with Gasteiger partial charge in [0.2, 0.25) is 0 Å². The number of hydrogen-bond acceptors (Lipinski definition) is 6. The number of anilines is 2. The van der Waals surface area contributed by atoms with E-state index in [1.165, 1.54) is 0 Å². The van der Waals surface area contributed by atoms with E-state index in [0.717, 1.165) is 67.4 Å². The molecule has 1 aromatic heterocycles. The lowest BCUT2D eigenvalue weighted by atomic mass is 9.93. The minimum absolute atomic E-state index is 0.155. The van der Waals surface area contributed by atoms with E-state index in [-0.39, 0.29) is 5.92 Å². The molecule has 0 radical (unpaired) electrons. The Kier molecular flexibility index (Phi) is 6.15.